The van der Waals surface area contributed by atoms with Crippen LogP contribution in [0.3, 0.4) is 0 Å². The van der Waals surface area contributed by atoms with Gasteiger partial charge < -0.3 is 15.2 Å². The minimum atomic E-state index is -0.00562. The quantitative estimate of drug-likeness (QED) is 0.692. The summed E-state index contributed by atoms with van der Waals surface area (Å²) < 4.78 is 2.15. The smallest absolute Gasteiger partial charge is 0.246 e. The number of hydrogen-bond donors (Lipinski definition) is 1. The second-order valence-electron chi connectivity index (χ2n) is 6.36. The molecule has 0 spiro atoms. The van der Waals surface area contributed by atoms with Crippen LogP contribution < -0.4 is 5.73 Å². The number of carbonyl (C=O) groups excluding carboxylic acids is 1. The lowest BCUT2D eigenvalue weighted by atomic mass is 10.2. The van der Waals surface area contributed by atoms with Gasteiger partial charge in [-0.15, -0.1) is 0 Å². The number of benzene rings is 1. The summed E-state index contributed by atoms with van der Waals surface area (Å²) in [5.41, 5.74) is 8.74. The predicted octanol–water partition coefficient (Wildman–Crippen LogP) is 3.61. The normalized spacial score (nSPS) is 11.3. The van der Waals surface area contributed by atoms with Crippen LogP contribution in [-0.2, 0) is 18.4 Å². The van der Waals surface area contributed by atoms with Crippen LogP contribution in [0.5, 0.6) is 0 Å². The number of aromatic nitrogens is 2. The molecule has 2 aromatic heterocycles. The largest absolute Gasteiger partial charge is 0.384 e. The number of hydrogen-bond acceptors (Lipinski definition) is 3. The number of para-hydroxylation sites is 1. The number of nitrogens with two attached hydrogens (primary N) is 1. The van der Waals surface area contributed by atoms with E-state index >= 15 is 0 Å². The lowest BCUT2D eigenvalue weighted by Gasteiger charge is -2.21. The Kier molecular flexibility index (Phi) is 5.37. The molecular formula is C21H24N4O. The molecular weight excluding hydrogens is 324 g/mol. The van der Waals surface area contributed by atoms with Gasteiger partial charge in [0.2, 0.25) is 5.91 Å². The SMILES string of the molecule is CCCN(Cc1cc2ccccc2n1C)C(=O)C=Cc1ccc(N)nc1. The molecule has 2 N–H and O–H groups in total. The third kappa shape index (κ3) is 3.94. The zero-order chi connectivity index (χ0) is 18.5. The molecule has 0 atom stereocenters. The molecule has 0 aliphatic carbocycles. The fourth-order valence-corrected chi connectivity index (χ4v) is 3.02. The van der Waals surface area contributed by atoms with Gasteiger partial charge in [0.25, 0.3) is 0 Å². The lowest BCUT2D eigenvalue weighted by Crippen LogP contribution is -2.30. The van der Waals surface area contributed by atoms with E-state index in [4.69, 9.17) is 5.73 Å². The highest BCUT2D eigenvalue weighted by molar-refractivity contribution is 5.92. The molecule has 3 aromatic rings. The Morgan fingerprint density at radius 1 is 1.27 bits per heavy atom. The maximum Gasteiger partial charge on any atom is 0.246 e. The number of anilines is 1. The molecule has 0 saturated heterocycles. The van der Waals surface area contributed by atoms with Gasteiger partial charge in [-0.25, -0.2) is 4.98 Å². The van der Waals surface area contributed by atoms with Crippen molar-refractivity contribution in [3.8, 4) is 0 Å². The standard InChI is InChI=1S/C21H24N4O/c1-3-12-25(21(26)11-9-16-8-10-20(22)23-14-16)15-18-13-17-6-4-5-7-19(17)24(18)2/h4-11,13-14H,3,12,15H2,1-2H3,(H2,22,23). The maximum atomic E-state index is 12.7. The lowest BCUT2D eigenvalue weighted by molar-refractivity contribution is -0.126. The number of carbonyl (C=O) groups is 1. The molecule has 1 amide bonds. The molecule has 134 valence electrons. The molecule has 5 nitrogen and oxygen atoms in total. The number of nitrogen functional groups attached to an aromatic ring is 1. The average molecular weight is 348 g/mol. The van der Waals surface area contributed by atoms with E-state index in [1.54, 1.807) is 24.4 Å². The molecule has 0 saturated carbocycles. The summed E-state index contributed by atoms with van der Waals surface area (Å²) in [6.07, 6.45) is 5.95. The van der Waals surface area contributed by atoms with Crippen LogP contribution in [0.4, 0.5) is 5.82 Å². The monoisotopic (exact) mass is 348 g/mol. The summed E-state index contributed by atoms with van der Waals surface area (Å²) in [7, 11) is 2.04. The van der Waals surface area contributed by atoms with Gasteiger partial charge in [-0.1, -0.05) is 25.1 Å². The Labute approximate surface area is 153 Å². The van der Waals surface area contributed by atoms with Crippen molar-refractivity contribution in [2.24, 2.45) is 7.05 Å². The van der Waals surface area contributed by atoms with E-state index in [0.29, 0.717) is 18.9 Å². The summed E-state index contributed by atoms with van der Waals surface area (Å²) in [4.78, 5) is 18.6. The van der Waals surface area contributed by atoms with Crippen molar-refractivity contribution >= 4 is 28.7 Å². The fourth-order valence-electron chi connectivity index (χ4n) is 3.02. The van der Waals surface area contributed by atoms with Crippen LogP contribution in [-0.4, -0.2) is 26.9 Å². The first kappa shape index (κ1) is 17.7. The van der Waals surface area contributed by atoms with Gasteiger partial charge in [-0.3, -0.25) is 4.79 Å². The number of rotatable bonds is 6. The first-order valence-corrected chi connectivity index (χ1v) is 8.80. The van der Waals surface area contributed by atoms with Crippen molar-refractivity contribution in [1.82, 2.24) is 14.5 Å². The van der Waals surface area contributed by atoms with Crippen LogP contribution in [0.1, 0.15) is 24.6 Å². The summed E-state index contributed by atoms with van der Waals surface area (Å²) in [5, 5.41) is 1.19. The molecule has 0 fully saturated rings. The number of pyridine rings is 1. The molecule has 3 rings (SSSR count). The molecule has 0 unspecified atom stereocenters. The Morgan fingerprint density at radius 2 is 2.08 bits per heavy atom. The molecule has 0 aliphatic heterocycles. The van der Waals surface area contributed by atoms with Crippen molar-refractivity contribution in [3.63, 3.8) is 0 Å². The van der Waals surface area contributed by atoms with Crippen molar-refractivity contribution in [1.29, 1.82) is 0 Å². The van der Waals surface area contributed by atoms with E-state index in [-0.39, 0.29) is 5.91 Å². The third-order valence-corrected chi connectivity index (χ3v) is 4.44. The van der Waals surface area contributed by atoms with E-state index in [1.807, 2.05) is 30.1 Å². The number of aryl methyl sites for hydroxylation is 1. The van der Waals surface area contributed by atoms with Gasteiger partial charge in [0, 0.05) is 37.1 Å². The second kappa shape index (κ2) is 7.87. The van der Waals surface area contributed by atoms with Gasteiger partial charge >= 0.3 is 0 Å². The zero-order valence-corrected chi connectivity index (χ0v) is 15.2. The van der Waals surface area contributed by atoms with Crippen LogP contribution in [0.2, 0.25) is 0 Å². The second-order valence-corrected chi connectivity index (χ2v) is 6.36. The Bertz CT molecular complexity index is 925. The molecule has 0 bridgehead atoms. The minimum Gasteiger partial charge on any atom is -0.384 e. The Balaban J connectivity index is 1.78. The van der Waals surface area contributed by atoms with E-state index < -0.39 is 0 Å². The van der Waals surface area contributed by atoms with E-state index in [2.05, 4.69) is 34.7 Å². The van der Waals surface area contributed by atoms with Gasteiger partial charge in [-0.05, 0) is 47.7 Å². The number of amides is 1. The Hall–Kier alpha value is -3.08. The third-order valence-electron chi connectivity index (χ3n) is 4.44. The van der Waals surface area contributed by atoms with Crippen molar-refractivity contribution in [2.45, 2.75) is 19.9 Å². The zero-order valence-electron chi connectivity index (χ0n) is 15.2. The topological polar surface area (TPSA) is 64.2 Å². The van der Waals surface area contributed by atoms with Crippen molar-refractivity contribution < 1.29 is 4.79 Å². The molecule has 26 heavy (non-hydrogen) atoms. The molecule has 0 radical (unpaired) electrons. The highest BCUT2D eigenvalue weighted by Crippen LogP contribution is 2.20. The number of nitrogens with zero attached hydrogens (tertiary/aromatic N) is 3. The summed E-state index contributed by atoms with van der Waals surface area (Å²) >= 11 is 0. The van der Waals surface area contributed by atoms with E-state index in [1.165, 1.54) is 10.9 Å². The van der Waals surface area contributed by atoms with Gasteiger partial charge in [0.05, 0.1) is 6.54 Å². The average Bonchev–Trinajstić information content (AvgIpc) is 2.97. The van der Waals surface area contributed by atoms with E-state index in [0.717, 1.165) is 17.7 Å². The van der Waals surface area contributed by atoms with Crippen molar-refractivity contribution in [2.75, 3.05) is 12.3 Å². The fraction of sp³-hybridized carbons (Fsp3) is 0.238. The highest BCUT2D eigenvalue weighted by atomic mass is 16.2. The molecule has 5 heteroatoms. The number of fused-ring (bicyclic) bond motifs is 1. The van der Waals surface area contributed by atoms with E-state index in [9.17, 15) is 4.79 Å². The highest BCUT2D eigenvalue weighted by Gasteiger charge is 2.14. The first-order valence-electron chi connectivity index (χ1n) is 8.80. The van der Waals surface area contributed by atoms with Gasteiger partial charge in [0.15, 0.2) is 0 Å². The van der Waals surface area contributed by atoms with Crippen LogP contribution in [0.25, 0.3) is 17.0 Å². The summed E-state index contributed by atoms with van der Waals surface area (Å²) in [6, 6.07) is 14.0. The van der Waals surface area contributed by atoms with Gasteiger partial charge in [0.1, 0.15) is 5.82 Å². The van der Waals surface area contributed by atoms with Crippen LogP contribution >= 0.6 is 0 Å². The predicted molar refractivity (Wildman–Crippen MR) is 106 cm³/mol. The maximum absolute atomic E-state index is 12.7. The molecule has 0 aliphatic rings. The Morgan fingerprint density at radius 3 is 2.77 bits per heavy atom. The minimum absolute atomic E-state index is 0.00562. The van der Waals surface area contributed by atoms with Crippen LogP contribution in [0, 0.1) is 0 Å². The van der Waals surface area contributed by atoms with Gasteiger partial charge in [-0.2, -0.15) is 0 Å². The summed E-state index contributed by atoms with van der Waals surface area (Å²) in [5.74, 6) is 0.464. The summed E-state index contributed by atoms with van der Waals surface area (Å²) in [6.45, 7) is 3.38. The molecule has 2 heterocycles. The van der Waals surface area contributed by atoms with Crippen molar-refractivity contribution in [3.05, 3.63) is 66.0 Å². The first-order chi connectivity index (χ1) is 12.6. The van der Waals surface area contributed by atoms with Crippen LogP contribution in [0.15, 0.2) is 54.7 Å². The molecule has 1 aromatic carbocycles.